The molecule has 4 amide bonds. The smallest absolute Gasteiger partial charge is 0.254 e. The number of rotatable bonds is 13. The zero-order chi connectivity index (χ0) is 41.1. The second-order valence-corrected chi connectivity index (χ2v) is 15.5. The Bertz CT molecular complexity index is 2090. The molecule has 4 aliphatic heterocycles. The van der Waals surface area contributed by atoms with Crippen LogP contribution in [0, 0.1) is 0 Å². The number of nitrogens with zero attached hydrogens (tertiary/aromatic N) is 4. The molecule has 4 aromatic carbocycles. The Morgan fingerprint density at radius 3 is 1.36 bits per heavy atom. The molecule has 310 valence electrons. The van der Waals surface area contributed by atoms with Gasteiger partial charge in [-0.2, -0.15) is 0 Å². The topological polar surface area (TPSA) is 124 Å². The number of carbonyl (C=O) groups excluding carboxylic acids is 4. The van der Waals surface area contributed by atoms with Gasteiger partial charge in [0.25, 0.3) is 23.6 Å². The van der Waals surface area contributed by atoms with Gasteiger partial charge in [0.05, 0.1) is 0 Å². The first-order valence-corrected chi connectivity index (χ1v) is 21.1. The molecule has 2 saturated heterocycles. The maximum Gasteiger partial charge on any atom is 0.254 e. The highest BCUT2D eigenvalue weighted by molar-refractivity contribution is 5.98. The lowest BCUT2D eigenvalue weighted by molar-refractivity contribution is 0.0716. The van der Waals surface area contributed by atoms with Gasteiger partial charge in [0.1, 0.15) is 23.0 Å². The zero-order valence-electron chi connectivity index (χ0n) is 34.3. The number of likely N-dealkylation sites (tertiary alicyclic amines) is 2. The van der Waals surface area contributed by atoms with Crippen LogP contribution in [0.1, 0.15) is 85.2 Å². The fraction of sp³-hybridized carbons (Fsp3) is 0.404. The highest BCUT2D eigenvalue weighted by Gasteiger charge is 2.27. The minimum absolute atomic E-state index is 0.0920. The summed E-state index contributed by atoms with van der Waals surface area (Å²) in [4.78, 5) is 58.0. The molecule has 2 N–H and O–H groups in total. The average Bonchev–Trinajstić information content (AvgIpc) is 3.99. The van der Waals surface area contributed by atoms with E-state index >= 15 is 0 Å². The van der Waals surface area contributed by atoms with Gasteiger partial charge >= 0.3 is 0 Å². The molecular weight excluding hydrogens is 745 g/mol. The normalized spacial score (nSPS) is 16.5. The Morgan fingerprint density at radius 2 is 0.949 bits per heavy atom. The molecule has 0 radical (unpaired) electrons. The van der Waals surface area contributed by atoms with Gasteiger partial charge in [-0.15, -0.1) is 0 Å². The van der Waals surface area contributed by atoms with Crippen LogP contribution in [0.3, 0.4) is 0 Å². The summed E-state index contributed by atoms with van der Waals surface area (Å²) in [5, 5.41) is 5.38. The van der Waals surface area contributed by atoms with Crippen molar-refractivity contribution in [1.82, 2.24) is 30.2 Å². The molecular formula is C47H56N6O6. The van der Waals surface area contributed by atoms with Crippen molar-refractivity contribution in [2.45, 2.75) is 45.4 Å². The molecule has 4 aromatic rings. The van der Waals surface area contributed by atoms with E-state index in [9.17, 15) is 19.2 Å². The Kier molecular flexibility index (Phi) is 13.9. The van der Waals surface area contributed by atoms with E-state index in [1.54, 1.807) is 55.6 Å². The predicted molar refractivity (Wildman–Crippen MR) is 228 cm³/mol. The van der Waals surface area contributed by atoms with Crippen LogP contribution in [-0.2, 0) is 12.8 Å². The Hall–Kier alpha value is -5.72. The summed E-state index contributed by atoms with van der Waals surface area (Å²) in [6.07, 6.45) is 6.77. The van der Waals surface area contributed by atoms with E-state index in [0.717, 1.165) is 101 Å². The first kappa shape index (κ1) is 41.4. The van der Waals surface area contributed by atoms with Gasteiger partial charge in [0.2, 0.25) is 0 Å². The molecule has 0 unspecified atom stereocenters. The number of hydrogen-bond donors (Lipinski definition) is 2. The first-order valence-electron chi connectivity index (χ1n) is 21.1. The summed E-state index contributed by atoms with van der Waals surface area (Å²) in [6.45, 7) is 12.2. The van der Waals surface area contributed by atoms with Crippen molar-refractivity contribution in [2.75, 3.05) is 79.0 Å². The van der Waals surface area contributed by atoms with Gasteiger partial charge in [-0.05, 0) is 168 Å². The highest BCUT2D eigenvalue weighted by Crippen LogP contribution is 2.29. The fourth-order valence-corrected chi connectivity index (χ4v) is 8.14. The molecule has 12 nitrogen and oxygen atoms in total. The van der Waals surface area contributed by atoms with Gasteiger partial charge in [-0.1, -0.05) is 0 Å². The minimum atomic E-state index is -0.127. The van der Waals surface area contributed by atoms with Crippen LogP contribution in [0.15, 0.2) is 84.9 Å². The number of benzene rings is 4. The van der Waals surface area contributed by atoms with Crippen molar-refractivity contribution in [3.8, 4) is 23.0 Å². The van der Waals surface area contributed by atoms with E-state index in [1.165, 1.54) is 25.7 Å². The molecule has 2 fully saturated rings. The van der Waals surface area contributed by atoms with Crippen LogP contribution in [0.2, 0.25) is 0 Å². The SMILES string of the molecule is CCNC(=O)c1ccc(Oc2ccc3c(c2)CCN(CCN2CCCC2)C3=O)cc1.CNC(=O)c1ccc(Oc2ccc3c(c2)CCN(CCN2CCCC2)C3=O)cc1. The second-order valence-electron chi connectivity index (χ2n) is 15.5. The zero-order valence-corrected chi connectivity index (χ0v) is 34.3. The molecule has 0 bridgehead atoms. The quantitative estimate of drug-likeness (QED) is 0.163. The lowest BCUT2D eigenvalue weighted by Crippen LogP contribution is -2.42. The number of carbonyl (C=O) groups is 4. The molecule has 0 aliphatic carbocycles. The maximum atomic E-state index is 12.9. The molecule has 59 heavy (non-hydrogen) atoms. The van der Waals surface area contributed by atoms with E-state index in [2.05, 4.69) is 20.4 Å². The van der Waals surface area contributed by atoms with Crippen LogP contribution >= 0.6 is 0 Å². The second kappa shape index (κ2) is 19.8. The average molecular weight is 801 g/mol. The van der Waals surface area contributed by atoms with Gasteiger partial charge < -0.3 is 39.7 Å². The number of ether oxygens (including phenoxy) is 2. The number of hydrogen-bond acceptors (Lipinski definition) is 8. The monoisotopic (exact) mass is 800 g/mol. The summed E-state index contributed by atoms with van der Waals surface area (Å²) < 4.78 is 11.9. The Balaban J connectivity index is 0.000000179. The van der Waals surface area contributed by atoms with Crippen molar-refractivity contribution in [3.63, 3.8) is 0 Å². The van der Waals surface area contributed by atoms with Crippen molar-refractivity contribution in [3.05, 3.63) is 118 Å². The fourth-order valence-electron chi connectivity index (χ4n) is 8.14. The van der Waals surface area contributed by atoms with Crippen molar-refractivity contribution in [2.24, 2.45) is 0 Å². The Labute approximate surface area is 347 Å². The number of fused-ring (bicyclic) bond motifs is 2. The lowest BCUT2D eigenvalue weighted by atomic mass is 9.98. The van der Waals surface area contributed by atoms with Gasteiger partial charge in [0, 0.05) is 75.1 Å². The van der Waals surface area contributed by atoms with E-state index in [4.69, 9.17) is 9.47 Å². The summed E-state index contributed by atoms with van der Waals surface area (Å²) in [6, 6.07) is 25.4. The number of nitrogens with one attached hydrogen (secondary N) is 2. The van der Waals surface area contributed by atoms with Gasteiger partial charge in [-0.25, -0.2) is 0 Å². The molecule has 0 spiro atoms. The molecule has 0 saturated carbocycles. The maximum absolute atomic E-state index is 12.9. The van der Waals surface area contributed by atoms with E-state index in [1.807, 2.05) is 53.1 Å². The predicted octanol–water partition coefficient (Wildman–Crippen LogP) is 6.26. The molecule has 12 heteroatoms. The standard InChI is InChI=1S/C24H29N3O3.C23H27N3O3/c1-2-25-23(28)18-5-7-20(8-6-18)30-21-9-10-22-19(17-21)11-14-27(24(22)29)16-15-26-12-3-4-13-26;1-24-22(27)17-4-6-19(7-5-17)29-20-8-9-21-18(16-20)10-13-26(23(21)28)15-14-25-11-2-3-12-25/h5-10,17H,2-4,11-16H2,1H3,(H,25,28);4-9,16H,2-3,10-15H2,1H3,(H,24,27). The largest absolute Gasteiger partial charge is 0.457 e. The van der Waals surface area contributed by atoms with Crippen molar-refractivity contribution >= 4 is 23.6 Å². The van der Waals surface area contributed by atoms with Crippen molar-refractivity contribution in [1.29, 1.82) is 0 Å². The first-order chi connectivity index (χ1) is 28.8. The van der Waals surface area contributed by atoms with Crippen LogP contribution in [0.25, 0.3) is 0 Å². The molecule has 0 atom stereocenters. The Morgan fingerprint density at radius 1 is 0.542 bits per heavy atom. The van der Waals surface area contributed by atoms with E-state index in [-0.39, 0.29) is 23.6 Å². The third-order valence-corrected chi connectivity index (χ3v) is 11.5. The number of amides is 4. The third-order valence-electron chi connectivity index (χ3n) is 11.5. The molecule has 4 heterocycles. The summed E-state index contributed by atoms with van der Waals surface area (Å²) in [5.74, 6) is 2.75. The van der Waals surface area contributed by atoms with Crippen molar-refractivity contribution < 1.29 is 28.7 Å². The molecule has 4 aliphatic rings. The summed E-state index contributed by atoms with van der Waals surface area (Å²) in [5.41, 5.74) is 4.82. The van der Waals surface area contributed by atoms with Crippen LogP contribution < -0.4 is 20.1 Å². The van der Waals surface area contributed by atoms with Crippen LogP contribution in [0.4, 0.5) is 0 Å². The third kappa shape index (κ3) is 10.7. The molecule has 8 rings (SSSR count). The summed E-state index contributed by atoms with van der Waals surface area (Å²) in [7, 11) is 1.61. The van der Waals surface area contributed by atoms with Crippen LogP contribution in [0.5, 0.6) is 23.0 Å². The van der Waals surface area contributed by atoms with Crippen LogP contribution in [-0.4, -0.2) is 122 Å². The minimum Gasteiger partial charge on any atom is -0.457 e. The van der Waals surface area contributed by atoms with E-state index < -0.39 is 0 Å². The molecule has 0 aromatic heterocycles. The van der Waals surface area contributed by atoms with Gasteiger partial charge in [0.15, 0.2) is 0 Å². The van der Waals surface area contributed by atoms with Gasteiger partial charge in [-0.3, -0.25) is 19.2 Å². The van der Waals surface area contributed by atoms with E-state index in [0.29, 0.717) is 40.7 Å². The summed E-state index contributed by atoms with van der Waals surface area (Å²) >= 11 is 0. The highest BCUT2D eigenvalue weighted by atomic mass is 16.5. The lowest BCUT2D eigenvalue weighted by Gasteiger charge is -2.30.